The zero-order chi connectivity index (χ0) is 10.6. The molecule has 0 aromatic heterocycles. The molecule has 0 saturated carbocycles. The van der Waals surface area contributed by atoms with Crippen molar-refractivity contribution >= 4 is 0 Å². The summed E-state index contributed by atoms with van der Waals surface area (Å²) in [5, 5.41) is 8.71. The summed E-state index contributed by atoms with van der Waals surface area (Å²) in [5.41, 5.74) is 0. The van der Waals surface area contributed by atoms with Gasteiger partial charge in [-0.1, -0.05) is 6.92 Å². The lowest BCUT2D eigenvalue weighted by Gasteiger charge is -2.09. The van der Waals surface area contributed by atoms with Crippen molar-refractivity contribution in [2.45, 2.75) is 13.8 Å². The minimum atomic E-state index is 0.172. The topological polar surface area (TPSA) is 47.9 Å². The van der Waals surface area contributed by atoms with Crippen LogP contribution in [-0.2, 0) is 14.2 Å². The maximum absolute atomic E-state index is 8.71. The molecule has 4 nitrogen and oxygen atoms in total. The normalized spacial score (nSPS) is 13.1. The van der Waals surface area contributed by atoms with Crippen LogP contribution in [0.25, 0.3) is 0 Å². The number of rotatable bonds is 10. The van der Waals surface area contributed by atoms with Crippen LogP contribution in [0.3, 0.4) is 0 Å². The maximum atomic E-state index is 8.71. The lowest BCUT2D eigenvalue weighted by Crippen LogP contribution is -2.14. The average molecular weight is 206 g/mol. The van der Waals surface area contributed by atoms with Crippen molar-refractivity contribution in [1.82, 2.24) is 0 Å². The summed E-state index contributed by atoms with van der Waals surface area (Å²) in [5.74, 6) is 0.207. The summed E-state index contributed by atoms with van der Waals surface area (Å²) in [4.78, 5) is 0. The molecule has 86 valence electrons. The molecule has 0 aliphatic carbocycles. The van der Waals surface area contributed by atoms with Crippen molar-refractivity contribution in [3.63, 3.8) is 0 Å². The SMILES string of the molecule is CCOCCOCCOCC(C)CO. The smallest absolute Gasteiger partial charge is 0.0701 e. The summed E-state index contributed by atoms with van der Waals surface area (Å²) in [6.45, 7) is 7.82. The van der Waals surface area contributed by atoms with Crippen molar-refractivity contribution < 1.29 is 19.3 Å². The van der Waals surface area contributed by atoms with Crippen molar-refractivity contribution in [1.29, 1.82) is 0 Å². The molecule has 1 unspecified atom stereocenters. The first-order valence-corrected chi connectivity index (χ1v) is 5.15. The van der Waals surface area contributed by atoms with E-state index in [1.54, 1.807) is 0 Å². The zero-order valence-electron chi connectivity index (χ0n) is 9.20. The third kappa shape index (κ3) is 9.92. The van der Waals surface area contributed by atoms with Gasteiger partial charge in [0.05, 0.1) is 33.0 Å². The van der Waals surface area contributed by atoms with Gasteiger partial charge in [-0.05, 0) is 6.92 Å². The fourth-order valence-electron chi connectivity index (χ4n) is 0.819. The van der Waals surface area contributed by atoms with E-state index in [2.05, 4.69) is 0 Å². The van der Waals surface area contributed by atoms with Crippen molar-refractivity contribution in [2.75, 3.05) is 46.2 Å². The minimum Gasteiger partial charge on any atom is -0.396 e. The molecular formula is C10H22O4. The Kier molecular flexibility index (Phi) is 10.8. The van der Waals surface area contributed by atoms with Crippen LogP contribution in [0.15, 0.2) is 0 Å². The maximum Gasteiger partial charge on any atom is 0.0701 e. The van der Waals surface area contributed by atoms with Crippen LogP contribution in [0.1, 0.15) is 13.8 Å². The van der Waals surface area contributed by atoms with Crippen molar-refractivity contribution in [3.8, 4) is 0 Å². The summed E-state index contributed by atoms with van der Waals surface area (Å²) in [7, 11) is 0. The number of hydrogen-bond donors (Lipinski definition) is 1. The van der Waals surface area contributed by atoms with Crippen LogP contribution in [0.5, 0.6) is 0 Å². The van der Waals surface area contributed by atoms with Gasteiger partial charge < -0.3 is 19.3 Å². The molecule has 1 N–H and O–H groups in total. The van der Waals surface area contributed by atoms with E-state index in [-0.39, 0.29) is 12.5 Å². The Morgan fingerprint density at radius 2 is 1.57 bits per heavy atom. The molecule has 0 aliphatic heterocycles. The Hall–Kier alpha value is -0.160. The number of aliphatic hydroxyl groups excluding tert-OH is 1. The first-order valence-electron chi connectivity index (χ1n) is 5.15. The van der Waals surface area contributed by atoms with Crippen LogP contribution in [0.2, 0.25) is 0 Å². The molecule has 0 heterocycles. The summed E-state index contributed by atoms with van der Waals surface area (Å²) in [6, 6.07) is 0. The van der Waals surface area contributed by atoms with E-state index in [1.165, 1.54) is 0 Å². The highest BCUT2D eigenvalue weighted by atomic mass is 16.5. The quantitative estimate of drug-likeness (QED) is 0.534. The monoisotopic (exact) mass is 206 g/mol. The van der Waals surface area contributed by atoms with Crippen molar-refractivity contribution in [3.05, 3.63) is 0 Å². The Labute approximate surface area is 86.2 Å². The second kappa shape index (κ2) is 10.9. The molecule has 0 aromatic rings. The third-order valence-corrected chi connectivity index (χ3v) is 1.66. The van der Waals surface area contributed by atoms with Crippen LogP contribution < -0.4 is 0 Å². The molecule has 0 aromatic carbocycles. The summed E-state index contributed by atoms with van der Waals surface area (Å²) in [6.07, 6.45) is 0. The molecule has 4 heteroatoms. The van der Waals surface area contributed by atoms with Gasteiger partial charge in [0.15, 0.2) is 0 Å². The fourth-order valence-corrected chi connectivity index (χ4v) is 0.819. The molecule has 0 aliphatic rings. The fraction of sp³-hybridized carbons (Fsp3) is 1.00. The molecule has 0 saturated heterocycles. The zero-order valence-corrected chi connectivity index (χ0v) is 9.20. The van der Waals surface area contributed by atoms with Gasteiger partial charge in [-0.15, -0.1) is 0 Å². The van der Waals surface area contributed by atoms with E-state index in [4.69, 9.17) is 19.3 Å². The Bertz CT molecular complexity index is 108. The molecule has 0 amide bonds. The van der Waals surface area contributed by atoms with Gasteiger partial charge in [0.1, 0.15) is 0 Å². The first-order chi connectivity index (χ1) is 6.81. The Morgan fingerprint density at radius 1 is 1.00 bits per heavy atom. The molecule has 1 atom stereocenters. The molecule has 0 radical (unpaired) electrons. The van der Waals surface area contributed by atoms with Gasteiger partial charge >= 0.3 is 0 Å². The predicted molar refractivity (Wildman–Crippen MR) is 54.4 cm³/mol. The number of hydrogen-bond acceptors (Lipinski definition) is 4. The molecule has 0 spiro atoms. The van der Waals surface area contributed by atoms with E-state index < -0.39 is 0 Å². The molecule has 0 fully saturated rings. The molecule has 0 bridgehead atoms. The predicted octanol–water partition coefficient (Wildman–Crippen LogP) is 0.685. The summed E-state index contributed by atoms with van der Waals surface area (Å²) >= 11 is 0. The van der Waals surface area contributed by atoms with E-state index in [0.717, 1.165) is 6.61 Å². The van der Waals surface area contributed by atoms with Crippen LogP contribution in [0.4, 0.5) is 0 Å². The van der Waals surface area contributed by atoms with E-state index in [1.807, 2.05) is 13.8 Å². The average Bonchev–Trinajstić information content (AvgIpc) is 2.21. The standard InChI is InChI=1S/C10H22O4/c1-3-12-4-5-13-6-7-14-9-10(2)8-11/h10-11H,3-9H2,1-2H3. The number of aliphatic hydroxyl groups is 1. The number of ether oxygens (including phenoxy) is 3. The lowest BCUT2D eigenvalue weighted by atomic mass is 10.2. The van der Waals surface area contributed by atoms with E-state index >= 15 is 0 Å². The van der Waals surface area contributed by atoms with Gasteiger partial charge in [0, 0.05) is 19.1 Å². The minimum absolute atomic E-state index is 0.172. The van der Waals surface area contributed by atoms with Gasteiger partial charge in [-0.3, -0.25) is 0 Å². The van der Waals surface area contributed by atoms with E-state index in [9.17, 15) is 0 Å². The summed E-state index contributed by atoms with van der Waals surface area (Å²) < 4.78 is 15.6. The third-order valence-electron chi connectivity index (χ3n) is 1.66. The Balaban J connectivity index is 2.92. The Morgan fingerprint density at radius 3 is 2.14 bits per heavy atom. The van der Waals surface area contributed by atoms with Crippen LogP contribution >= 0.6 is 0 Å². The van der Waals surface area contributed by atoms with Crippen LogP contribution in [-0.4, -0.2) is 51.4 Å². The largest absolute Gasteiger partial charge is 0.396 e. The van der Waals surface area contributed by atoms with Gasteiger partial charge in [-0.2, -0.15) is 0 Å². The first kappa shape index (κ1) is 13.8. The highest BCUT2D eigenvalue weighted by Crippen LogP contribution is 1.92. The van der Waals surface area contributed by atoms with Crippen molar-refractivity contribution in [2.24, 2.45) is 5.92 Å². The van der Waals surface area contributed by atoms with Crippen LogP contribution in [0, 0.1) is 5.92 Å². The van der Waals surface area contributed by atoms with Gasteiger partial charge in [-0.25, -0.2) is 0 Å². The molecular weight excluding hydrogens is 184 g/mol. The highest BCUT2D eigenvalue weighted by molar-refractivity contribution is 4.45. The molecule has 14 heavy (non-hydrogen) atoms. The highest BCUT2D eigenvalue weighted by Gasteiger charge is 1.98. The second-order valence-electron chi connectivity index (χ2n) is 3.17. The second-order valence-corrected chi connectivity index (χ2v) is 3.17. The molecule has 0 rings (SSSR count). The van der Waals surface area contributed by atoms with Gasteiger partial charge in [0.25, 0.3) is 0 Å². The van der Waals surface area contributed by atoms with E-state index in [0.29, 0.717) is 33.0 Å². The van der Waals surface area contributed by atoms with Gasteiger partial charge in [0.2, 0.25) is 0 Å². The lowest BCUT2D eigenvalue weighted by molar-refractivity contribution is 0.00599.